The van der Waals surface area contributed by atoms with Gasteiger partial charge in [-0.25, -0.2) is 0 Å². The number of benzene rings is 2. The molecule has 0 aliphatic carbocycles. The van der Waals surface area contributed by atoms with Crippen LogP contribution in [0.4, 0.5) is 0 Å². The molecule has 5 rings (SSSR count). The van der Waals surface area contributed by atoms with Gasteiger partial charge in [0.2, 0.25) is 0 Å². The normalized spacial score (nSPS) is 25.9. The largest absolute Gasteiger partial charge is 0.507 e. The number of aliphatic hydroxyl groups excluding tert-OH is 1. The van der Waals surface area contributed by atoms with Gasteiger partial charge >= 0.3 is 0 Å². The Morgan fingerprint density at radius 2 is 2.06 bits per heavy atom. The van der Waals surface area contributed by atoms with Crippen molar-refractivity contribution in [2.24, 2.45) is 0 Å². The number of carbonyl (C=O) groups excluding carboxylic acids is 2. The number of hydrogen-bond donors (Lipinski definition) is 1. The van der Waals surface area contributed by atoms with Gasteiger partial charge in [0.15, 0.2) is 0 Å². The first-order chi connectivity index (χ1) is 16.0. The molecule has 7 nitrogen and oxygen atoms in total. The number of amides is 1. The summed E-state index contributed by atoms with van der Waals surface area (Å²) in [5, 5.41) is 11.3. The van der Waals surface area contributed by atoms with E-state index in [-0.39, 0.29) is 23.5 Å². The van der Waals surface area contributed by atoms with Crippen LogP contribution < -0.4 is 9.47 Å². The fourth-order valence-corrected chi connectivity index (χ4v) is 4.96. The van der Waals surface area contributed by atoms with E-state index in [1.54, 1.807) is 31.4 Å². The van der Waals surface area contributed by atoms with Gasteiger partial charge in [0.05, 0.1) is 24.8 Å². The zero-order chi connectivity index (χ0) is 23.1. The maximum atomic E-state index is 13.2. The molecule has 172 valence electrons. The molecular formula is C26H27NO6. The van der Waals surface area contributed by atoms with E-state index in [0.29, 0.717) is 30.0 Å². The lowest BCUT2D eigenvalue weighted by Crippen LogP contribution is -2.36. The molecule has 0 radical (unpaired) electrons. The minimum absolute atomic E-state index is 0.0613. The number of rotatable bonds is 5. The van der Waals surface area contributed by atoms with Crippen LogP contribution in [-0.2, 0) is 20.7 Å². The SMILES string of the molecule is COc1cccc([C@@H]2C(=C(O)c3ccc4c(c3)C[C@@H](C)O4)C(=O)C(=O)N2C[C@@H]2CCCO2)c1. The first-order valence-electron chi connectivity index (χ1n) is 11.3. The van der Waals surface area contributed by atoms with Gasteiger partial charge in [0.1, 0.15) is 23.4 Å². The van der Waals surface area contributed by atoms with Crippen LogP contribution in [0.3, 0.4) is 0 Å². The van der Waals surface area contributed by atoms with Crippen LogP contribution in [0.25, 0.3) is 5.76 Å². The zero-order valence-corrected chi connectivity index (χ0v) is 18.7. The van der Waals surface area contributed by atoms with E-state index in [1.165, 1.54) is 4.90 Å². The lowest BCUT2D eigenvalue weighted by Gasteiger charge is -2.27. The van der Waals surface area contributed by atoms with Crippen molar-refractivity contribution in [1.82, 2.24) is 4.90 Å². The van der Waals surface area contributed by atoms with Crippen molar-refractivity contribution in [3.63, 3.8) is 0 Å². The topological polar surface area (TPSA) is 85.3 Å². The second-order valence-corrected chi connectivity index (χ2v) is 8.82. The Bertz CT molecular complexity index is 1130. The fourth-order valence-electron chi connectivity index (χ4n) is 4.96. The van der Waals surface area contributed by atoms with E-state index >= 15 is 0 Å². The van der Waals surface area contributed by atoms with E-state index in [1.807, 2.05) is 25.1 Å². The highest BCUT2D eigenvalue weighted by Crippen LogP contribution is 2.41. The molecule has 3 aliphatic rings. The highest BCUT2D eigenvalue weighted by atomic mass is 16.5. The van der Waals surface area contributed by atoms with E-state index in [4.69, 9.17) is 14.2 Å². The minimum Gasteiger partial charge on any atom is -0.507 e. The lowest BCUT2D eigenvalue weighted by atomic mass is 9.94. The number of likely N-dealkylation sites (tertiary alicyclic amines) is 1. The summed E-state index contributed by atoms with van der Waals surface area (Å²) in [7, 11) is 1.57. The van der Waals surface area contributed by atoms with Gasteiger partial charge in [-0.2, -0.15) is 0 Å². The number of ether oxygens (including phenoxy) is 3. The summed E-state index contributed by atoms with van der Waals surface area (Å²) >= 11 is 0. The lowest BCUT2D eigenvalue weighted by molar-refractivity contribution is -0.140. The van der Waals surface area contributed by atoms with Crippen LogP contribution >= 0.6 is 0 Å². The van der Waals surface area contributed by atoms with Crippen molar-refractivity contribution in [2.45, 2.75) is 44.4 Å². The quantitative estimate of drug-likeness (QED) is 0.426. The van der Waals surface area contributed by atoms with Crippen LogP contribution in [0.1, 0.15) is 42.5 Å². The second-order valence-electron chi connectivity index (χ2n) is 8.82. The van der Waals surface area contributed by atoms with Gasteiger partial charge in [-0.15, -0.1) is 0 Å². The molecule has 3 atom stereocenters. The van der Waals surface area contributed by atoms with Crippen molar-refractivity contribution in [3.05, 3.63) is 64.7 Å². The predicted molar refractivity (Wildman–Crippen MR) is 121 cm³/mol. The second kappa shape index (κ2) is 8.56. The maximum absolute atomic E-state index is 13.2. The van der Waals surface area contributed by atoms with Crippen molar-refractivity contribution in [2.75, 3.05) is 20.3 Å². The molecule has 1 amide bonds. The third-order valence-corrected chi connectivity index (χ3v) is 6.54. The van der Waals surface area contributed by atoms with Gasteiger partial charge in [-0.1, -0.05) is 12.1 Å². The van der Waals surface area contributed by atoms with Crippen LogP contribution in [0, 0.1) is 0 Å². The van der Waals surface area contributed by atoms with Crippen molar-refractivity contribution < 1.29 is 28.9 Å². The Hall–Kier alpha value is -3.32. The average molecular weight is 450 g/mol. The van der Waals surface area contributed by atoms with Crippen LogP contribution in [0.5, 0.6) is 11.5 Å². The van der Waals surface area contributed by atoms with E-state index < -0.39 is 17.7 Å². The predicted octanol–water partition coefficient (Wildman–Crippen LogP) is 3.62. The van der Waals surface area contributed by atoms with Crippen LogP contribution in [0.2, 0.25) is 0 Å². The van der Waals surface area contributed by atoms with E-state index in [9.17, 15) is 14.7 Å². The molecule has 3 aliphatic heterocycles. The third kappa shape index (κ3) is 3.86. The number of ketones is 1. The van der Waals surface area contributed by atoms with Gasteiger partial charge in [0, 0.05) is 25.1 Å². The van der Waals surface area contributed by atoms with E-state index in [2.05, 4.69) is 0 Å². The smallest absolute Gasteiger partial charge is 0.295 e. The molecule has 2 saturated heterocycles. The minimum atomic E-state index is -0.729. The number of Topliss-reactive ketones (excluding diaryl/α,β-unsaturated/α-hetero) is 1. The molecule has 0 aromatic heterocycles. The Morgan fingerprint density at radius 3 is 2.82 bits per heavy atom. The van der Waals surface area contributed by atoms with Gasteiger partial charge in [-0.3, -0.25) is 9.59 Å². The molecule has 2 aromatic rings. The summed E-state index contributed by atoms with van der Waals surface area (Å²) < 4.78 is 16.9. The van der Waals surface area contributed by atoms with Gasteiger partial charge in [0.25, 0.3) is 11.7 Å². The van der Waals surface area contributed by atoms with Crippen molar-refractivity contribution in [3.8, 4) is 11.5 Å². The number of methoxy groups -OCH3 is 1. The summed E-state index contributed by atoms with van der Waals surface area (Å²) in [6.07, 6.45) is 2.41. The Kier molecular flexibility index (Phi) is 5.58. The summed E-state index contributed by atoms with van der Waals surface area (Å²) in [6.45, 7) is 2.92. The van der Waals surface area contributed by atoms with Crippen molar-refractivity contribution >= 4 is 17.4 Å². The first kappa shape index (κ1) is 21.5. The number of fused-ring (bicyclic) bond motifs is 1. The fraction of sp³-hybridized carbons (Fsp3) is 0.385. The Balaban J connectivity index is 1.61. The summed E-state index contributed by atoms with van der Waals surface area (Å²) in [5.41, 5.74) is 2.25. The van der Waals surface area contributed by atoms with Gasteiger partial charge < -0.3 is 24.2 Å². The molecule has 0 spiro atoms. The molecule has 2 fully saturated rings. The number of aliphatic hydroxyl groups is 1. The Morgan fingerprint density at radius 1 is 1.21 bits per heavy atom. The highest BCUT2D eigenvalue weighted by Gasteiger charge is 2.47. The highest BCUT2D eigenvalue weighted by molar-refractivity contribution is 6.46. The number of carbonyl (C=O) groups is 2. The molecule has 2 aromatic carbocycles. The standard InChI is InChI=1S/C26H27NO6/c1-15-11-18-12-17(8-9-21(18)33-15)24(28)22-23(16-5-3-6-19(13-16)31-2)27(26(30)25(22)29)14-20-7-4-10-32-20/h3,5-6,8-9,12-13,15,20,23,28H,4,7,10-11,14H2,1-2H3/t15-,20+,23-/m1/s1. The number of nitrogens with zero attached hydrogens (tertiary/aromatic N) is 1. The van der Waals surface area contributed by atoms with E-state index in [0.717, 1.165) is 30.6 Å². The molecule has 0 bridgehead atoms. The molecule has 3 heterocycles. The molecule has 0 saturated carbocycles. The monoisotopic (exact) mass is 449 g/mol. The maximum Gasteiger partial charge on any atom is 0.295 e. The molecular weight excluding hydrogens is 422 g/mol. The van der Waals surface area contributed by atoms with Crippen LogP contribution in [0.15, 0.2) is 48.0 Å². The van der Waals surface area contributed by atoms with Crippen LogP contribution in [-0.4, -0.2) is 54.2 Å². The molecule has 0 unspecified atom stereocenters. The summed E-state index contributed by atoms with van der Waals surface area (Å²) in [6, 6.07) is 11.9. The van der Waals surface area contributed by atoms with Gasteiger partial charge in [-0.05, 0) is 61.2 Å². The third-order valence-electron chi connectivity index (χ3n) is 6.54. The number of hydrogen-bond acceptors (Lipinski definition) is 6. The molecule has 1 N–H and O–H groups in total. The Labute approximate surface area is 192 Å². The molecule has 7 heteroatoms. The van der Waals surface area contributed by atoms with Crippen molar-refractivity contribution in [1.29, 1.82) is 0 Å². The first-order valence-corrected chi connectivity index (χ1v) is 11.3. The summed E-state index contributed by atoms with van der Waals surface area (Å²) in [4.78, 5) is 27.9. The zero-order valence-electron chi connectivity index (χ0n) is 18.7. The molecule has 33 heavy (non-hydrogen) atoms. The summed E-state index contributed by atoms with van der Waals surface area (Å²) in [5.74, 6) is -0.110. The average Bonchev–Trinajstić information content (AvgIpc) is 3.52.